The molecule has 0 radical (unpaired) electrons. The lowest BCUT2D eigenvalue weighted by molar-refractivity contribution is -0.134. The van der Waals surface area contributed by atoms with E-state index in [-0.39, 0.29) is 6.42 Å². The Hall–Kier alpha value is -2.28. The van der Waals surface area contributed by atoms with Gasteiger partial charge in [-0.2, -0.15) is 0 Å². The number of aliphatic hydroxyl groups excluding tert-OH is 6. The number of aryl methyl sites for hydroxylation is 2. The first kappa shape index (κ1) is 29.0. The van der Waals surface area contributed by atoms with Crippen molar-refractivity contribution < 1.29 is 30.6 Å². The van der Waals surface area contributed by atoms with Crippen LogP contribution in [0.2, 0.25) is 0 Å². The molecule has 0 spiro atoms. The maximum atomic E-state index is 11.0. The first-order valence-electron chi connectivity index (χ1n) is 12.0. The second-order valence-electron chi connectivity index (χ2n) is 9.50. The summed E-state index contributed by atoms with van der Waals surface area (Å²) in [5.74, 6) is 0. The largest absolute Gasteiger partial charge is 0.394 e. The van der Waals surface area contributed by atoms with Crippen molar-refractivity contribution in [2.45, 2.75) is 84.9 Å². The van der Waals surface area contributed by atoms with Crippen LogP contribution in [-0.2, 0) is 12.8 Å². The van der Waals surface area contributed by atoms with Crippen LogP contribution in [0.15, 0.2) is 41.6 Å². The zero-order valence-electron chi connectivity index (χ0n) is 21.6. The van der Waals surface area contributed by atoms with E-state index in [1.54, 1.807) is 6.08 Å². The van der Waals surface area contributed by atoms with Crippen LogP contribution < -0.4 is 0 Å². The highest BCUT2D eigenvalue weighted by molar-refractivity contribution is 5.42. The number of benzene rings is 2. The van der Waals surface area contributed by atoms with E-state index in [9.17, 15) is 25.5 Å². The van der Waals surface area contributed by atoms with Gasteiger partial charge in [0.15, 0.2) is 0 Å². The summed E-state index contributed by atoms with van der Waals surface area (Å²) in [4.78, 5) is 0. The molecule has 6 heteroatoms. The summed E-state index contributed by atoms with van der Waals surface area (Å²) in [6, 6.07) is 8.09. The Labute approximate surface area is 208 Å². The minimum absolute atomic E-state index is 0.277. The molecule has 0 aromatic heterocycles. The van der Waals surface area contributed by atoms with Gasteiger partial charge in [0.1, 0.15) is 30.5 Å². The van der Waals surface area contributed by atoms with Crippen LogP contribution in [0.5, 0.6) is 0 Å². The summed E-state index contributed by atoms with van der Waals surface area (Å²) in [5, 5.41) is 60.6. The predicted molar refractivity (Wildman–Crippen MR) is 137 cm³/mol. The highest BCUT2D eigenvalue weighted by atomic mass is 16.4. The van der Waals surface area contributed by atoms with E-state index in [4.69, 9.17) is 5.11 Å². The minimum atomic E-state index is -1.87. The van der Waals surface area contributed by atoms with Gasteiger partial charge in [-0.3, -0.25) is 0 Å². The lowest BCUT2D eigenvalue weighted by Crippen LogP contribution is -2.50. The SMILES string of the molecule is Cc1ccc(CC=C=C(Cc2ccc(C)c(C)c2C)C(O)[C@@H](O)[C@@H](O)[C@H](O)[C@@H](O)CO)c(C)c1C. The lowest BCUT2D eigenvalue weighted by Gasteiger charge is -2.29. The molecule has 2 aromatic carbocycles. The fourth-order valence-electron chi connectivity index (χ4n) is 4.11. The van der Waals surface area contributed by atoms with Gasteiger partial charge in [-0.15, -0.1) is 5.73 Å². The molecular formula is C29H40O6. The average molecular weight is 485 g/mol. The Balaban J connectivity index is 2.44. The smallest absolute Gasteiger partial charge is 0.113 e. The van der Waals surface area contributed by atoms with E-state index in [0.29, 0.717) is 12.0 Å². The van der Waals surface area contributed by atoms with Crippen LogP contribution in [0, 0.1) is 41.5 Å². The van der Waals surface area contributed by atoms with E-state index in [2.05, 4.69) is 38.6 Å². The first-order chi connectivity index (χ1) is 16.4. The lowest BCUT2D eigenvalue weighted by atomic mass is 9.89. The van der Waals surface area contributed by atoms with Gasteiger partial charge < -0.3 is 30.6 Å². The van der Waals surface area contributed by atoms with E-state index in [0.717, 1.165) is 27.8 Å². The molecule has 0 saturated carbocycles. The molecule has 0 saturated heterocycles. The van der Waals surface area contributed by atoms with Crippen LogP contribution in [-0.4, -0.2) is 67.8 Å². The molecule has 192 valence electrons. The van der Waals surface area contributed by atoms with Crippen molar-refractivity contribution in [3.63, 3.8) is 0 Å². The Morgan fingerprint density at radius 3 is 1.77 bits per heavy atom. The van der Waals surface area contributed by atoms with E-state index < -0.39 is 37.1 Å². The minimum Gasteiger partial charge on any atom is -0.394 e. The van der Waals surface area contributed by atoms with Gasteiger partial charge in [0.25, 0.3) is 0 Å². The topological polar surface area (TPSA) is 121 Å². The molecule has 1 unspecified atom stereocenters. The van der Waals surface area contributed by atoms with Crippen molar-refractivity contribution in [1.29, 1.82) is 0 Å². The molecule has 5 atom stereocenters. The molecule has 6 nitrogen and oxygen atoms in total. The Morgan fingerprint density at radius 2 is 1.23 bits per heavy atom. The van der Waals surface area contributed by atoms with Crippen molar-refractivity contribution >= 4 is 0 Å². The number of rotatable bonds is 10. The van der Waals surface area contributed by atoms with Gasteiger partial charge in [0, 0.05) is 12.0 Å². The highest BCUT2D eigenvalue weighted by Gasteiger charge is 2.35. The molecule has 2 rings (SSSR count). The van der Waals surface area contributed by atoms with Crippen LogP contribution in [0.3, 0.4) is 0 Å². The van der Waals surface area contributed by atoms with Gasteiger partial charge in [-0.05, 0) is 98.5 Å². The molecule has 0 aliphatic carbocycles. The standard InChI is InChI=1S/C29H40O6/c1-16-10-12-22(20(5)18(16)3)8-7-9-24(14-23-13-11-17(2)19(4)21(23)6)26(32)28(34)29(35)27(33)25(31)15-30/h7,10-13,25-35H,8,14-15H2,1-6H3/t9?,25-,26?,27+,28+,29-/m0/s1. The predicted octanol–water partition coefficient (Wildman–Crippen LogP) is 2.20. The molecule has 0 amide bonds. The van der Waals surface area contributed by atoms with Crippen molar-refractivity contribution in [2.24, 2.45) is 0 Å². The van der Waals surface area contributed by atoms with E-state index in [1.165, 1.54) is 16.7 Å². The monoisotopic (exact) mass is 484 g/mol. The quantitative estimate of drug-likeness (QED) is 0.288. The molecular weight excluding hydrogens is 444 g/mol. The van der Waals surface area contributed by atoms with Crippen LogP contribution >= 0.6 is 0 Å². The summed E-state index contributed by atoms with van der Waals surface area (Å²) >= 11 is 0. The molecule has 0 heterocycles. The second-order valence-corrected chi connectivity index (χ2v) is 9.50. The first-order valence-corrected chi connectivity index (χ1v) is 12.0. The molecule has 2 aromatic rings. The molecule has 35 heavy (non-hydrogen) atoms. The summed E-state index contributed by atoms with van der Waals surface area (Å²) in [6.07, 6.45) is -6.04. The van der Waals surface area contributed by atoms with Gasteiger partial charge in [-0.25, -0.2) is 0 Å². The Bertz CT molecular complexity index is 1080. The zero-order chi connectivity index (χ0) is 26.4. The summed E-state index contributed by atoms with van der Waals surface area (Å²) in [5.41, 5.74) is 12.5. The Morgan fingerprint density at radius 1 is 0.714 bits per heavy atom. The summed E-state index contributed by atoms with van der Waals surface area (Å²) in [6.45, 7) is 11.5. The second kappa shape index (κ2) is 12.6. The zero-order valence-corrected chi connectivity index (χ0v) is 21.6. The molecule has 0 aliphatic rings. The fourth-order valence-corrected chi connectivity index (χ4v) is 4.11. The third kappa shape index (κ3) is 6.90. The molecule has 0 aliphatic heterocycles. The summed E-state index contributed by atoms with van der Waals surface area (Å²) in [7, 11) is 0. The third-order valence-electron chi connectivity index (χ3n) is 7.29. The van der Waals surface area contributed by atoms with E-state index in [1.807, 2.05) is 32.9 Å². The van der Waals surface area contributed by atoms with Crippen LogP contribution in [0.4, 0.5) is 0 Å². The molecule has 6 N–H and O–H groups in total. The third-order valence-corrected chi connectivity index (χ3v) is 7.29. The average Bonchev–Trinajstić information content (AvgIpc) is 2.85. The molecule has 0 bridgehead atoms. The van der Waals surface area contributed by atoms with Gasteiger partial charge in [-0.1, -0.05) is 24.3 Å². The highest BCUT2D eigenvalue weighted by Crippen LogP contribution is 2.23. The molecule has 0 fully saturated rings. The Kier molecular flexibility index (Phi) is 10.4. The number of hydrogen-bond acceptors (Lipinski definition) is 6. The van der Waals surface area contributed by atoms with E-state index >= 15 is 0 Å². The maximum Gasteiger partial charge on any atom is 0.113 e. The van der Waals surface area contributed by atoms with Gasteiger partial charge in [0.05, 0.1) is 6.61 Å². The van der Waals surface area contributed by atoms with Crippen molar-refractivity contribution in [3.8, 4) is 0 Å². The van der Waals surface area contributed by atoms with Crippen molar-refractivity contribution in [1.82, 2.24) is 0 Å². The van der Waals surface area contributed by atoms with Crippen molar-refractivity contribution in [3.05, 3.63) is 86.2 Å². The van der Waals surface area contributed by atoms with Crippen LogP contribution in [0.1, 0.15) is 44.5 Å². The number of hydrogen-bond donors (Lipinski definition) is 6. The van der Waals surface area contributed by atoms with Crippen LogP contribution in [0.25, 0.3) is 0 Å². The maximum absolute atomic E-state index is 11.0. The van der Waals surface area contributed by atoms with Crippen molar-refractivity contribution in [2.75, 3.05) is 6.61 Å². The fraction of sp³-hybridized carbons (Fsp3) is 0.483. The summed E-state index contributed by atoms with van der Waals surface area (Å²) < 4.78 is 0. The normalized spacial score (nSPS) is 15.7. The van der Waals surface area contributed by atoms with Gasteiger partial charge >= 0.3 is 0 Å². The number of aliphatic hydroxyl groups is 6. The van der Waals surface area contributed by atoms with Gasteiger partial charge in [0.2, 0.25) is 0 Å².